The van der Waals surface area contributed by atoms with Gasteiger partial charge in [0.2, 0.25) is 5.91 Å². The number of allylic oxidation sites excluding steroid dienone is 21. The minimum absolute atomic E-state index is 0.0251. The Morgan fingerprint density at radius 1 is 0.444 bits per heavy atom. The Morgan fingerprint density at radius 2 is 0.790 bits per heavy atom. The van der Waals surface area contributed by atoms with E-state index >= 15 is 0 Å². The average molecular weight is 1150 g/mol. The van der Waals surface area contributed by atoms with Crippen LogP contribution < -0.4 is 5.32 Å². The van der Waals surface area contributed by atoms with Crippen molar-refractivity contribution in [2.45, 2.75) is 264 Å². The molecule has 0 spiro atoms. The van der Waals surface area contributed by atoms with Gasteiger partial charge in [0.05, 0.1) is 33.8 Å². The number of hydrogen-bond acceptors (Lipinski definition) is 6. The predicted molar refractivity (Wildman–Crippen MR) is 350 cm³/mol. The summed E-state index contributed by atoms with van der Waals surface area (Å²) in [4.78, 5) is 37.8. The molecule has 2 N–H and O–H groups in total. The number of quaternary nitrogens is 1. The first-order chi connectivity index (χ1) is 39.4. The van der Waals surface area contributed by atoms with Crippen LogP contribution in [0.2, 0.25) is 0 Å². The molecular weight excluding hydrogens is 1020 g/mol. The van der Waals surface area contributed by atoms with Crippen molar-refractivity contribution in [3.05, 3.63) is 134 Å². The molecular formula is C71H122N2O7P+. The standard InChI is InChI=1S/C71H121N2O7P/c1-7-10-13-16-19-22-25-28-30-32-34-36-38-40-42-45-48-51-54-57-60-63-70(74)72-68(67-79-81(76,77)78-66-65-73(4,5)6)69(62-59-56-53-50-47-44-27-24-21-18-15-12-9-3)80-71(75)64-61-58-55-52-49-46-43-41-39-37-35-33-31-29-26-23-20-17-14-11-8-2/h10-11,13-14,19-20,22-23,28-31,34-37,40-43,59,62,68-69H,7-9,12,15-18,21,24-27,32-33,38-39,44-58,60-61,63-67H2,1-6H3,(H-,72,74,76,77)/p+1/b13-10-,14-11-,22-19-,23-20-,30-28-,31-29-,36-34-,37-35-,42-40-,43-41-,62-59+. The quantitative estimate of drug-likeness (QED) is 0.0205. The molecule has 0 fully saturated rings. The molecule has 81 heavy (non-hydrogen) atoms. The fourth-order valence-electron chi connectivity index (χ4n) is 8.64. The van der Waals surface area contributed by atoms with E-state index in [1.54, 1.807) is 0 Å². The maximum Gasteiger partial charge on any atom is 0.472 e. The van der Waals surface area contributed by atoms with Gasteiger partial charge in [-0.1, -0.05) is 251 Å². The highest BCUT2D eigenvalue weighted by molar-refractivity contribution is 7.47. The summed E-state index contributed by atoms with van der Waals surface area (Å²) in [5.41, 5.74) is 0. The lowest BCUT2D eigenvalue weighted by Gasteiger charge is -2.27. The van der Waals surface area contributed by atoms with E-state index < -0.39 is 20.0 Å². The highest BCUT2D eigenvalue weighted by Crippen LogP contribution is 2.43. The molecule has 0 bridgehead atoms. The summed E-state index contributed by atoms with van der Waals surface area (Å²) in [5.74, 6) is -0.557. The Labute approximate surface area is 498 Å². The van der Waals surface area contributed by atoms with Crippen molar-refractivity contribution in [2.24, 2.45) is 0 Å². The van der Waals surface area contributed by atoms with Crippen LogP contribution in [0, 0.1) is 0 Å². The third kappa shape index (κ3) is 60.6. The lowest BCUT2D eigenvalue weighted by atomic mass is 10.0. The van der Waals surface area contributed by atoms with Crippen molar-refractivity contribution in [2.75, 3.05) is 40.9 Å². The van der Waals surface area contributed by atoms with Crippen molar-refractivity contribution in [1.82, 2.24) is 5.32 Å². The zero-order valence-corrected chi connectivity index (χ0v) is 53.6. The monoisotopic (exact) mass is 1150 g/mol. The van der Waals surface area contributed by atoms with Gasteiger partial charge in [-0.25, -0.2) is 4.57 Å². The molecule has 0 aromatic rings. The molecule has 3 unspecified atom stereocenters. The van der Waals surface area contributed by atoms with Crippen molar-refractivity contribution < 1.29 is 37.3 Å². The minimum Gasteiger partial charge on any atom is -0.456 e. The first-order valence-corrected chi connectivity index (χ1v) is 34.0. The maximum atomic E-state index is 13.6. The van der Waals surface area contributed by atoms with E-state index in [0.29, 0.717) is 23.9 Å². The van der Waals surface area contributed by atoms with Gasteiger partial charge in [0.1, 0.15) is 19.3 Å². The summed E-state index contributed by atoms with van der Waals surface area (Å²) in [5, 5.41) is 3.04. The number of hydrogen-bond donors (Lipinski definition) is 2. The molecule has 0 aromatic heterocycles. The summed E-state index contributed by atoms with van der Waals surface area (Å²) in [7, 11) is 1.45. The number of carbonyl (C=O) groups is 2. The van der Waals surface area contributed by atoms with Gasteiger partial charge in [0, 0.05) is 12.8 Å². The second kappa shape index (κ2) is 59.3. The normalized spacial score (nSPS) is 14.5. The van der Waals surface area contributed by atoms with E-state index in [2.05, 4.69) is 148 Å². The van der Waals surface area contributed by atoms with Gasteiger partial charge in [-0.05, 0) is 122 Å². The Balaban J connectivity index is 5.33. The number of amides is 1. The Hall–Kier alpha value is -3.85. The third-order valence-corrected chi connectivity index (χ3v) is 14.6. The van der Waals surface area contributed by atoms with E-state index in [0.717, 1.165) is 154 Å². The summed E-state index contributed by atoms with van der Waals surface area (Å²) < 4.78 is 30.7. The molecule has 0 aliphatic rings. The molecule has 3 atom stereocenters. The third-order valence-electron chi connectivity index (χ3n) is 13.6. The van der Waals surface area contributed by atoms with Gasteiger partial charge in [-0.2, -0.15) is 0 Å². The van der Waals surface area contributed by atoms with Gasteiger partial charge in [-0.3, -0.25) is 18.6 Å². The summed E-state index contributed by atoms with van der Waals surface area (Å²) in [6, 6.07) is -0.878. The van der Waals surface area contributed by atoms with E-state index in [4.69, 9.17) is 13.8 Å². The average Bonchev–Trinajstić information content (AvgIpc) is 3.44. The van der Waals surface area contributed by atoms with Crippen LogP contribution in [-0.4, -0.2) is 74.3 Å². The summed E-state index contributed by atoms with van der Waals surface area (Å²) >= 11 is 0. The van der Waals surface area contributed by atoms with Crippen LogP contribution in [0.5, 0.6) is 0 Å². The van der Waals surface area contributed by atoms with Crippen molar-refractivity contribution in [3.63, 3.8) is 0 Å². The van der Waals surface area contributed by atoms with Gasteiger partial charge < -0.3 is 19.4 Å². The van der Waals surface area contributed by atoms with Gasteiger partial charge in [0.25, 0.3) is 0 Å². The highest BCUT2D eigenvalue weighted by Gasteiger charge is 2.30. The van der Waals surface area contributed by atoms with Crippen LogP contribution in [0.15, 0.2) is 134 Å². The molecule has 0 aliphatic heterocycles. The van der Waals surface area contributed by atoms with Crippen molar-refractivity contribution in [1.29, 1.82) is 0 Å². The summed E-state index contributed by atoms with van der Waals surface area (Å²) in [6.07, 6.45) is 84.4. The highest BCUT2D eigenvalue weighted by atomic mass is 31.2. The predicted octanol–water partition coefficient (Wildman–Crippen LogP) is 20.4. The smallest absolute Gasteiger partial charge is 0.456 e. The lowest BCUT2D eigenvalue weighted by Crippen LogP contribution is -2.47. The molecule has 10 heteroatoms. The van der Waals surface area contributed by atoms with Crippen LogP contribution in [0.3, 0.4) is 0 Å². The second-order valence-corrected chi connectivity index (χ2v) is 24.0. The number of esters is 1. The molecule has 9 nitrogen and oxygen atoms in total. The second-order valence-electron chi connectivity index (χ2n) is 22.5. The summed E-state index contributed by atoms with van der Waals surface area (Å²) in [6.45, 7) is 6.75. The largest absolute Gasteiger partial charge is 0.472 e. The first-order valence-electron chi connectivity index (χ1n) is 32.5. The number of rotatable bonds is 57. The fourth-order valence-corrected chi connectivity index (χ4v) is 9.38. The Bertz CT molecular complexity index is 1850. The molecule has 0 saturated carbocycles. The van der Waals surface area contributed by atoms with Crippen LogP contribution >= 0.6 is 7.82 Å². The van der Waals surface area contributed by atoms with Crippen LogP contribution in [0.4, 0.5) is 0 Å². The molecule has 0 rings (SSSR count). The molecule has 0 aromatic carbocycles. The number of carbonyl (C=O) groups excluding carboxylic acids is 2. The topological polar surface area (TPSA) is 111 Å². The van der Waals surface area contributed by atoms with Crippen LogP contribution in [-0.2, 0) is 27.9 Å². The van der Waals surface area contributed by atoms with E-state index in [1.807, 2.05) is 33.3 Å². The molecule has 0 heterocycles. The zero-order chi connectivity index (χ0) is 59.3. The maximum absolute atomic E-state index is 13.6. The van der Waals surface area contributed by atoms with E-state index in [-0.39, 0.29) is 31.5 Å². The number of nitrogens with one attached hydrogen (secondary N) is 1. The fraction of sp³-hybridized carbons (Fsp3) is 0.662. The SMILES string of the molecule is CC/C=C\C/C=C\C/C=C\C/C=C\C/C=C\CCCCCCCC(=O)NC(COP(=O)(O)OCC[N+](C)(C)C)C(/C=C/CCCCCCCCCCCCC)OC(=O)CCCCCCC/C=C\C/C=C\C/C=C\C/C=C\C/C=C\CC. The van der Waals surface area contributed by atoms with Gasteiger partial charge in [-0.15, -0.1) is 0 Å². The first kappa shape index (κ1) is 77.2. The van der Waals surface area contributed by atoms with Crippen LogP contribution in [0.25, 0.3) is 0 Å². The number of phosphoric ester groups is 1. The molecule has 0 saturated heterocycles. The van der Waals surface area contributed by atoms with E-state index in [9.17, 15) is 19.0 Å². The number of unbranched alkanes of at least 4 members (excludes halogenated alkanes) is 21. The number of phosphoric acid groups is 1. The molecule has 0 radical (unpaired) electrons. The lowest BCUT2D eigenvalue weighted by molar-refractivity contribution is -0.870. The number of likely N-dealkylation sites (N-methyl/N-ethyl adjacent to an activating group) is 1. The van der Waals surface area contributed by atoms with Gasteiger partial charge in [0.15, 0.2) is 0 Å². The van der Waals surface area contributed by atoms with Crippen molar-refractivity contribution in [3.8, 4) is 0 Å². The van der Waals surface area contributed by atoms with Crippen molar-refractivity contribution >= 4 is 19.7 Å². The van der Waals surface area contributed by atoms with E-state index in [1.165, 1.54) is 57.8 Å². The van der Waals surface area contributed by atoms with Crippen LogP contribution in [0.1, 0.15) is 252 Å². The molecule has 0 aliphatic carbocycles. The zero-order valence-electron chi connectivity index (χ0n) is 52.7. The number of nitrogens with zero attached hydrogens (tertiary/aromatic N) is 1. The molecule has 462 valence electrons. The minimum atomic E-state index is -4.47. The van der Waals surface area contributed by atoms with Gasteiger partial charge >= 0.3 is 13.8 Å². The molecule has 1 amide bonds. The Morgan fingerprint density at radius 3 is 1.19 bits per heavy atom. The number of ether oxygens (including phenoxy) is 1. The Kier molecular flexibility index (Phi) is 56.5.